The molecule has 0 atom stereocenters. The van der Waals surface area contributed by atoms with E-state index >= 15 is 0 Å². The maximum Gasteiger partial charge on any atom is 0.336 e. The van der Waals surface area contributed by atoms with Crippen molar-refractivity contribution >= 4 is 24.0 Å². The molecule has 0 fully saturated rings. The number of rotatable bonds is 10. The lowest BCUT2D eigenvalue weighted by Gasteiger charge is -2.10. The van der Waals surface area contributed by atoms with E-state index in [0.717, 1.165) is 12.0 Å². The van der Waals surface area contributed by atoms with Crippen molar-refractivity contribution in [3.8, 4) is 23.3 Å². The fourth-order valence-electron chi connectivity index (χ4n) is 2.78. The van der Waals surface area contributed by atoms with Gasteiger partial charge in [-0.2, -0.15) is 5.26 Å². The summed E-state index contributed by atoms with van der Waals surface area (Å²) in [6.45, 7) is 6.22. The fourth-order valence-corrected chi connectivity index (χ4v) is 2.78. The Morgan fingerprint density at radius 3 is 2.55 bits per heavy atom. The number of nitrogens with zero attached hydrogens (tertiary/aromatic N) is 1. The molecule has 0 aromatic heterocycles. The fraction of sp³-hybridized carbons (Fsp3) is 0.269. The summed E-state index contributed by atoms with van der Waals surface area (Å²) < 4.78 is 16.4. The van der Waals surface area contributed by atoms with Crippen molar-refractivity contribution in [3.63, 3.8) is 0 Å². The molecular weight excluding hydrogens is 420 g/mol. The molecule has 7 nitrogen and oxygen atoms in total. The zero-order chi connectivity index (χ0) is 24.2. The molecule has 0 heterocycles. The van der Waals surface area contributed by atoms with E-state index in [9.17, 15) is 14.9 Å². The Morgan fingerprint density at radius 1 is 1.12 bits per heavy atom. The Morgan fingerprint density at radius 2 is 1.88 bits per heavy atom. The first-order chi connectivity index (χ1) is 15.9. The highest BCUT2D eigenvalue weighted by molar-refractivity contribution is 6.01. The molecule has 0 unspecified atom stereocenters. The molecular formula is C26H28N2O5. The highest BCUT2D eigenvalue weighted by atomic mass is 16.6. The molecule has 33 heavy (non-hydrogen) atoms. The van der Waals surface area contributed by atoms with Gasteiger partial charge in [-0.1, -0.05) is 31.2 Å². The molecule has 2 aromatic carbocycles. The van der Waals surface area contributed by atoms with Crippen LogP contribution in [0, 0.1) is 11.3 Å². The molecule has 2 aromatic rings. The number of esters is 1. The number of nitrogens with one attached hydrogen (secondary N) is 1. The van der Waals surface area contributed by atoms with Gasteiger partial charge in [-0.15, -0.1) is 0 Å². The highest BCUT2D eigenvalue weighted by Gasteiger charge is 2.13. The highest BCUT2D eigenvalue weighted by Crippen LogP contribution is 2.29. The SMILES string of the molecule is CCCOc1ccccc1/C=C/C(=O)Oc1ccc(/C=C(\C#N)C(=O)NC(C)C)cc1OC. The molecule has 0 aliphatic rings. The molecule has 0 bridgehead atoms. The largest absolute Gasteiger partial charge is 0.493 e. The van der Waals surface area contributed by atoms with Crippen molar-refractivity contribution in [1.29, 1.82) is 5.26 Å². The second kappa shape index (κ2) is 12.7. The minimum absolute atomic E-state index is 0.0395. The van der Waals surface area contributed by atoms with Gasteiger partial charge in [0.05, 0.1) is 13.7 Å². The number of benzene rings is 2. The first kappa shape index (κ1) is 25.2. The van der Waals surface area contributed by atoms with Crippen LogP contribution in [0.2, 0.25) is 0 Å². The lowest BCUT2D eigenvalue weighted by Crippen LogP contribution is -2.30. The van der Waals surface area contributed by atoms with Crippen LogP contribution in [-0.4, -0.2) is 31.6 Å². The normalized spacial score (nSPS) is 11.2. The zero-order valence-electron chi connectivity index (χ0n) is 19.3. The average Bonchev–Trinajstić information content (AvgIpc) is 2.80. The number of hydrogen-bond donors (Lipinski definition) is 1. The molecule has 0 saturated heterocycles. The number of ether oxygens (including phenoxy) is 3. The van der Waals surface area contributed by atoms with Crippen LogP contribution in [0.1, 0.15) is 38.3 Å². The van der Waals surface area contributed by atoms with Crippen molar-refractivity contribution in [2.75, 3.05) is 13.7 Å². The maximum atomic E-state index is 12.4. The molecule has 7 heteroatoms. The number of hydrogen-bond acceptors (Lipinski definition) is 6. The van der Waals surface area contributed by atoms with Crippen molar-refractivity contribution in [1.82, 2.24) is 5.32 Å². The number of para-hydroxylation sites is 1. The predicted octanol–water partition coefficient (Wildman–Crippen LogP) is 4.53. The number of carbonyl (C=O) groups excluding carboxylic acids is 2. The van der Waals surface area contributed by atoms with Crippen LogP contribution in [0.3, 0.4) is 0 Å². The van der Waals surface area contributed by atoms with Gasteiger partial charge in [-0.25, -0.2) is 4.79 Å². The summed E-state index contributed by atoms with van der Waals surface area (Å²) in [4.78, 5) is 24.5. The van der Waals surface area contributed by atoms with Gasteiger partial charge in [-0.3, -0.25) is 4.79 Å². The van der Waals surface area contributed by atoms with Crippen LogP contribution < -0.4 is 19.5 Å². The maximum absolute atomic E-state index is 12.4. The average molecular weight is 449 g/mol. The summed E-state index contributed by atoms with van der Waals surface area (Å²) in [6.07, 6.45) is 5.26. The predicted molar refractivity (Wildman–Crippen MR) is 127 cm³/mol. The smallest absolute Gasteiger partial charge is 0.336 e. The number of nitriles is 1. The second-order valence-electron chi connectivity index (χ2n) is 7.35. The second-order valence-corrected chi connectivity index (χ2v) is 7.35. The lowest BCUT2D eigenvalue weighted by molar-refractivity contribution is -0.129. The van der Waals surface area contributed by atoms with Crippen molar-refractivity contribution < 1.29 is 23.8 Å². The van der Waals surface area contributed by atoms with Gasteiger partial charge < -0.3 is 19.5 Å². The monoisotopic (exact) mass is 448 g/mol. The van der Waals surface area contributed by atoms with Gasteiger partial charge in [0.2, 0.25) is 0 Å². The lowest BCUT2D eigenvalue weighted by atomic mass is 10.1. The molecule has 172 valence electrons. The third-order valence-electron chi connectivity index (χ3n) is 4.27. The number of carbonyl (C=O) groups is 2. The van der Waals surface area contributed by atoms with E-state index in [1.54, 1.807) is 24.3 Å². The van der Waals surface area contributed by atoms with Crippen LogP contribution in [0.25, 0.3) is 12.2 Å². The topological polar surface area (TPSA) is 97.7 Å². The zero-order valence-corrected chi connectivity index (χ0v) is 19.3. The van der Waals surface area contributed by atoms with Gasteiger partial charge in [-0.05, 0) is 56.2 Å². The van der Waals surface area contributed by atoms with Crippen LogP contribution >= 0.6 is 0 Å². The first-order valence-electron chi connectivity index (χ1n) is 10.6. The van der Waals surface area contributed by atoms with Crippen LogP contribution in [-0.2, 0) is 9.59 Å². The molecule has 0 aliphatic heterocycles. The van der Waals surface area contributed by atoms with Gasteiger partial charge in [0.1, 0.15) is 17.4 Å². The Kier molecular flexibility index (Phi) is 9.72. The van der Waals surface area contributed by atoms with Gasteiger partial charge in [0.15, 0.2) is 11.5 Å². The third kappa shape index (κ3) is 7.86. The minimum Gasteiger partial charge on any atom is -0.493 e. The molecule has 2 rings (SSSR count). The Labute approximate surface area is 194 Å². The van der Waals surface area contributed by atoms with Crippen molar-refractivity contribution in [2.24, 2.45) is 0 Å². The van der Waals surface area contributed by atoms with Gasteiger partial charge >= 0.3 is 5.97 Å². The standard InChI is InChI=1S/C26H28N2O5/c1-5-14-32-22-9-7-6-8-20(22)11-13-25(29)33-23-12-10-19(16-24(23)31-4)15-21(17-27)26(30)28-18(2)3/h6-13,15-16,18H,5,14H2,1-4H3,(H,28,30)/b13-11+,21-15+. The van der Waals surface area contributed by atoms with E-state index in [2.05, 4.69) is 5.32 Å². The molecule has 0 spiro atoms. The molecule has 0 radical (unpaired) electrons. The first-order valence-corrected chi connectivity index (χ1v) is 10.6. The van der Waals surface area contributed by atoms with E-state index in [0.29, 0.717) is 23.7 Å². The summed E-state index contributed by atoms with van der Waals surface area (Å²) in [5.41, 5.74) is 1.28. The molecule has 1 amide bonds. The number of amides is 1. The van der Waals surface area contributed by atoms with Gasteiger partial charge in [0, 0.05) is 17.7 Å². The summed E-state index contributed by atoms with van der Waals surface area (Å²) >= 11 is 0. The molecule has 0 aliphatic carbocycles. The Balaban J connectivity index is 2.16. The summed E-state index contributed by atoms with van der Waals surface area (Å²) in [5.74, 6) is 0.141. The quantitative estimate of drug-likeness (QED) is 0.248. The minimum atomic E-state index is -0.587. The van der Waals surface area contributed by atoms with Crippen LogP contribution in [0.5, 0.6) is 17.2 Å². The molecule has 0 saturated carbocycles. The van der Waals surface area contributed by atoms with E-state index in [1.165, 1.54) is 19.3 Å². The van der Waals surface area contributed by atoms with Gasteiger partial charge in [0.25, 0.3) is 5.91 Å². The van der Waals surface area contributed by atoms with E-state index in [-0.39, 0.29) is 17.4 Å². The number of methoxy groups -OCH3 is 1. The van der Waals surface area contributed by atoms with Crippen molar-refractivity contribution in [3.05, 3.63) is 65.2 Å². The summed E-state index contributed by atoms with van der Waals surface area (Å²) in [7, 11) is 1.44. The van der Waals surface area contributed by atoms with Crippen LogP contribution in [0.4, 0.5) is 0 Å². The summed E-state index contributed by atoms with van der Waals surface area (Å²) in [5, 5.41) is 12.0. The van der Waals surface area contributed by atoms with Crippen molar-refractivity contribution in [2.45, 2.75) is 33.2 Å². The van der Waals surface area contributed by atoms with E-state index in [4.69, 9.17) is 14.2 Å². The third-order valence-corrected chi connectivity index (χ3v) is 4.27. The Bertz CT molecular complexity index is 1080. The summed E-state index contributed by atoms with van der Waals surface area (Å²) in [6, 6.07) is 14.0. The van der Waals surface area contributed by atoms with E-state index < -0.39 is 11.9 Å². The molecule has 1 N–H and O–H groups in total. The Hall–Kier alpha value is -4.05. The van der Waals surface area contributed by atoms with Crippen LogP contribution in [0.15, 0.2) is 54.1 Å². The van der Waals surface area contributed by atoms with E-state index in [1.807, 2.05) is 51.1 Å².